The van der Waals surface area contributed by atoms with Crippen molar-refractivity contribution in [1.82, 2.24) is 4.57 Å². The maximum Gasteiger partial charge on any atom is 0.306 e. The number of carbonyl (C=O) groups excluding carboxylic acids is 1. The molecule has 0 aliphatic rings. The summed E-state index contributed by atoms with van der Waals surface area (Å²) < 4.78 is 6.94. The first-order valence-electron chi connectivity index (χ1n) is 6.04. The van der Waals surface area contributed by atoms with Crippen LogP contribution < -0.4 is 0 Å². The highest BCUT2D eigenvalue weighted by atomic mass is 16.5. The highest BCUT2D eigenvalue weighted by molar-refractivity contribution is 5.83. The van der Waals surface area contributed by atoms with Crippen LogP contribution in [0.1, 0.15) is 19.0 Å². The molecule has 0 saturated carbocycles. The van der Waals surface area contributed by atoms with Crippen LogP contribution in [0.2, 0.25) is 0 Å². The number of fused-ring (bicyclic) bond motifs is 1. The van der Waals surface area contributed by atoms with Crippen molar-refractivity contribution in [2.24, 2.45) is 7.05 Å². The maximum atomic E-state index is 11.3. The number of carbonyl (C=O) groups is 1. The van der Waals surface area contributed by atoms with Crippen LogP contribution in [0.5, 0.6) is 5.75 Å². The Labute approximate surface area is 106 Å². The fraction of sp³-hybridized carbons (Fsp3) is 0.357. The van der Waals surface area contributed by atoms with E-state index in [4.69, 9.17) is 4.74 Å². The van der Waals surface area contributed by atoms with Crippen molar-refractivity contribution in [3.63, 3.8) is 0 Å². The molecule has 0 aliphatic heterocycles. The number of ether oxygens (including phenoxy) is 1. The first-order chi connectivity index (χ1) is 8.61. The molecule has 96 valence electrons. The second-order valence-electron chi connectivity index (χ2n) is 4.24. The lowest BCUT2D eigenvalue weighted by Gasteiger charge is -2.04. The zero-order chi connectivity index (χ0) is 13.1. The van der Waals surface area contributed by atoms with Crippen LogP contribution in [-0.4, -0.2) is 22.2 Å². The minimum Gasteiger partial charge on any atom is -0.508 e. The van der Waals surface area contributed by atoms with Crippen LogP contribution in [0.25, 0.3) is 10.9 Å². The Kier molecular flexibility index (Phi) is 3.55. The molecule has 1 aromatic heterocycles. The first-order valence-corrected chi connectivity index (χ1v) is 6.04. The standard InChI is InChI=1S/C14H17NO3/c1-3-18-14(17)7-4-11-8-10-9-12(16)5-6-13(10)15(11)2/h5-6,8-9,16H,3-4,7H2,1-2H3. The Morgan fingerprint density at radius 1 is 1.39 bits per heavy atom. The van der Waals surface area contributed by atoms with Gasteiger partial charge in [0.05, 0.1) is 13.0 Å². The van der Waals surface area contributed by atoms with Crippen molar-refractivity contribution >= 4 is 16.9 Å². The predicted octanol–water partition coefficient (Wildman–Crippen LogP) is 2.38. The van der Waals surface area contributed by atoms with Gasteiger partial charge in [-0.05, 0) is 37.6 Å². The van der Waals surface area contributed by atoms with Crippen LogP contribution in [0.4, 0.5) is 0 Å². The van der Waals surface area contributed by atoms with E-state index in [0.717, 1.165) is 16.6 Å². The summed E-state index contributed by atoms with van der Waals surface area (Å²) in [5, 5.41) is 10.4. The number of aromatic hydroxyl groups is 1. The number of aromatic nitrogens is 1. The van der Waals surface area contributed by atoms with E-state index in [0.29, 0.717) is 19.4 Å². The lowest BCUT2D eigenvalue weighted by atomic mass is 10.2. The molecule has 2 rings (SSSR count). The molecule has 0 radical (unpaired) electrons. The predicted molar refractivity (Wildman–Crippen MR) is 69.5 cm³/mol. The molecule has 1 aromatic carbocycles. The van der Waals surface area contributed by atoms with E-state index in [1.165, 1.54) is 0 Å². The number of hydrogen-bond acceptors (Lipinski definition) is 3. The van der Waals surface area contributed by atoms with E-state index in [1.54, 1.807) is 19.1 Å². The molecule has 0 aliphatic carbocycles. The zero-order valence-corrected chi connectivity index (χ0v) is 10.6. The number of aryl methyl sites for hydroxylation is 2. The molecule has 0 atom stereocenters. The van der Waals surface area contributed by atoms with Crippen LogP contribution in [0.15, 0.2) is 24.3 Å². The van der Waals surface area contributed by atoms with Crippen molar-refractivity contribution in [3.05, 3.63) is 30.0 Å². The number of phenols is 1. The summed E-state index contributed by atoms with van der Waals surface area (Å²) in [6, 6.07) is 7.26. The molecule has 0 spiro atoms. The van der Waals surface area contributed by atoms with Crippen molar-refractivity contribution < 1.29 is 14.6 Å². The molecule has 0 amide bonds. The number of benzene rings is 1. The van der Waals surface area contributed by atoms with Crippen molar-refractivity contribution in [1.29, 1.82) is 0 Å². The Hall–Kier alpha value is -1.97. The third-order valence-corrected chi connectivity index (χ3v) is 3.02. The average molecular weight is 247 g/mol. The Morgan fingerprint density at radius 2 is 2.17 bits per heavy atom. The van der Waals surface area contributed by atoms with Crippen LogP contribution in [-0.2, 0) is 23.0 Å². The zero-order valence-electron chi connectivity index (χ0n) is 10.6. The van der Waals surface area contributed by atoms with E-state index in [-0.39, 0.29) is 11.7 Å². The molecule has 1 heterocycles. The second-order valence-corrected chi connectivity index (χ2v) is 4.24. The monoisotopic (exact) mass is 247 g/mol. The van der Waals surface area contributed by atoms with Crippen LogP contribution in [0, 0.1) is 0 Å². The van der Waals surface area contributed by atoms with Crippen molar-refractivity contribution in [3.8, 4) is 5.75 Å². The Morgan fingerprint density at radius 3 is 2.89 bits per heavy atom. The van der Waals surface area contributed by atoms with Gasteiger partial charge in [0, 0.05) is 23.6 Å². The Balaban J connectivity index is 2.18. The lowest BCUT2D eigenvalue weighted by Crippen LogP contribution is -2.06. The van der Waals surface area contributed by atoms with Crippen molar-refractivity contribution in [2.75, 3.05) is 6.61 Å². The first kappa shape index (κ1) is 12.5. The SMILES string of the molecule is CCOC(=O)CCc1cc2cc(O)ccc2n1C. The summed E-state index contributed by atoms with van der Waals surface area (Å²) in [7, 11) is 1.96. The smallest absolute Gasteiger partial charge is 0.306 e. The fourth-order valence-electron chi connectivity index (χ4n) is 2.10. The van der Waals surface area contributed by atoms with E-state index >= 15 is 0 Å². The van der Waals surface area contributed by atoms with E-state index < -0.39 is 0 Å². The fourth-order valence-corrected chi connectivity index (χ4v) is 2.10. The van der Waals surface area contributed by atoms with Gasteiger partial charge < -0.3 is 14.4 Å². The van der Waals surface area contributed by atoms with E-state index in [9.17, 15) is 9.90 Å². The molecule has 4 nitrogen and oxygen atoms in total. The molecule has 18 heavy (non-hydrogen) atoms. The molecule has 0 saturated heterocycles. The van der Waals surface area contributed by atoms with Gasteiger partial charge in [0.2, 0.25) is 0 Å². The highest BCUT2D eigenvalue weighted by Gasteiger charge is 2.09. The van der Waals surface area contributed by atoms with Crippen molar-refractivity contribution in [2.45, 2.75) is 19.8 Å². The average Bonchev–Trinajstić information content (AvgIpc) is 2.63. The van der Waals surface area contributed by atoms with Gasteiger partial charge in [0.25, 0.3) is 0 Å². The van der Waals surface area contributed by atoms with Gasteiger partial charge in [0.1, 0.15) is 5.75 Å². The molecule has 4 heteroatoms. The summed E-state index contributed by atoms with van der Waals surface area (Å²) in [4.78, 5) is 11.3. The second kappa shape index (κ2) is 5.12. The number of rotatable bonds is 4. The number of hydrogen-bond donors (Lipinski definition) is 1. The van der Waals surface area contributed by atoms with Gasteiger partial charge >= 0.3 is 5.97 Å². The normalized spacial score (nSPS) is 10.8. The molecule has 0 fully saturated rings. The quantitative estimate of drug-likeness (QED) is 0.844. The third-order valence-electron chi connectivity index (χ3n) is 3.02. The molecular weight excluding hydrogens is 230 g/mol. The molecule has 1 N–H and O–H groups in total. The van der Waals surface area contributed by atoms with Gasteiger partial charge in [-0.1, -0.05) is 0 Å². The van der Waals surface area contributed by atoms with Gasteiger partial charge in [-0.2, -0.15) is 0 Å². The molecule has 0 unspecified atom stereocenters. The van der Waals surface area contributed by atoms with Gasteiger partial charge in [-0.15, -0.1) is 0 Å². The maximum absolute atomic E-state index is 11.3. The summed E-state index contributed by atoms with van der Waals surface area (Å²) in [5.74, 6) is 0.0793. The molecule has 0 bridgehead atoms. The summed E-state index contributed by atoms with van der Waals surface area (Å²) in [5.41, 5.74) is 2.11. The van der Waals surface area contributed by atoms with Gasteiger partial charge in [0.15, 0.2) is 0 Å². The lowest BCUT2D eigenvalue weighted by molar-refractivity contribution is -0.143. The Bertz CT molecular complexity index is 572. The largest absolute Gasteiger partial charge is 0.508 e. The topological polar surface area (TPSA) is 51.5 Å². The molecular formula is C14H17NO3. The number of esters is 1. The third kappa shape index (κ3) is 2.47. The summed E-state index contributed by atoms with van der Waals surface area (Å²) >= 11 is 0. The minimum atomic E-state index is -0.175. The number of nitrogens with zero attached hydrogens (tertiary/aromatic N) is 1. The number of phenolic OH excluding ortho intramolecular Hbond substituents is 1. The summed E-state index contributed by atoms with van der Waals surface area (Å²) in [6.07, 6.45) is 1.02. The van der Waals surface area contributed by atoms with Crippen LogP contribution in [0.3, 0.4) is 0 Å². The molecule has 2 aromatic rings. The van der Waals surface area contributed by atoms with E-state index in [2.05, 4.69) is 0 Å². The summed E-state index contributed by atoms with van der Waals surface area (Å²) in [6.45, 7) is 2.22. The highest BCUT2D eigenvalue weighted by Crippen LogP contribution is 2.23. The minimum absolute atomic E-state index is 0.175. The van der Waals surface area contributed by atoms with Crippen LogP contribution >= 0.6 is 0 Å². The van der Waals surface area contributed by atoms with Gasteiger partial charge in [-0.3, -0.25) is 4.79 Å². The van der Waals surface area contributed by atoms with E-state index in [1.807, 2.05) is 23.7 Å². The van der Waals surface area contributed by atoms with Gasteiger partial charge in [-0.25, -0.2) is 0 Å².